The van der Waals surface area contributed by atoms with Crippen LogP contribution in [0.25, 0.3) is 10.3 Å². The summed E-state index contributed by atoms with van der Waals surface area (Å²) in [5.41, 5.74) is 5.84. The molecule has 2 aliphatic rings. The second-order valence-corrected chi connectivity index (χ2v) is 7.40. The fourth-order valence-electron chi connectivity index (χ4n) is 2.49. The maximum absolute atomic E-state index is 12.2. The minimum absolute atomic E-state index is 0.134. The predicted octanol–water partition coefficient (Wildman–Crippen LogP) is 0.794. The molecule has 1 saturated carbocycles. The van der Waals surface area contributed by atoms with Gasteiger partial charge in [-0.15, -0.1) is 11.8 Å². The molecule has 2 aromatic heterocycles. The van der Waals surface area contributed by atoms with Crippen LogP contribution >= 0.6 is 23.1 Å². The van der Waals surface area contributed by atoms with Crippen LogP contribution in [-0.2, 0) is 4.74 Å². The lowest BCUT2D eigenvalue weighted by Crippen LogP contribution is -2.28. The maximum atomic E-state index is 12.2. The third-order valence-electron chi connectivity index (χ3n) is 3.74. The van der Waals surface area contributed by atoms with Crippen LogP contribution in [-0.4, -0.2) is 36.9 Å². The number of aliphatic hydroxyl groups excluding tert-OH is 1. The van der Waals surface area contributed by atoms with E-state index in [9.17, 15) is 9.90 Å². The number of aliphatic hydroxyl groups is 1. The first-order valence-corrected chi connectivity index (χ1v) is 8.58. The maximum Gasteiger partial charge on any atom is 0.311 e. The van der Waals surface area contributed by atoms with Crippen molar-refractivity contribution < 1.29 is 9.84 Å². The van der Waals surface area contributed by atoms with Gasteiger partial charge in [0, 0.05) is 5.75 Å². The summed E-state index contributed by atoms with van der Waals surface area (Å²) in [5, 5.41) is 10.2. The van der Waals surface area contributed by atoms with Gasteiger partial charge in [0.1, 0.15) is 11.7 Å². The number of nitrogens with zero attached hydrogens (tertiary/aromatic N) is 3. The average Bonchev–Trinajstić information content (AvgIpc) is 3.11. The number of ether oxygens (including phenoxy) is 1. The third-order valence-corrected chi connectivity index (χ3v) is 5.82. The normalized spacial score (nSPS) is 27.3. The largest absolute Gasteiger partial charge is 0.389 e. The Hall–Kier alpha value is -1.16. The number of thiazole rings is 1. The van der Waals surface area contributed by atoms with Crippen molar-refractivity contribution >= 4 is 39.4 Å². The Bertz CT molecular complexity index is 742. The molecule has 1 aliphatic carbocycles. The van der Waals surface area contributed by atoms with E-state index in [1.54, 1.807) is 18.0 Å². The minimum Gasteiger partial charge on any atom is -0.389 e. The molecule has 3 heterocycles. The van der Waals surface area contributed by atoms with Gasteiger partial charge in [0.2, 0.25) is 5.95 Å². The lowest BCUT2D eigenvalue weighted by molar-refractivity contribution is -0.0440. The summed E-state index contributed by atoms with van der Waals surface area (Å²) in [4.78, 5) is 20.1. The molecule has 2 aromatic rings. The van der Waals surface area contributed by atoms with Crippen LogP contribution in [0.4, 0.5) is 5.95 Å². The molecule has 3 N–H and O–H groups in total. The first-order chi connectivity index (χ1) is 10.1. The van der Waals surface area contributed by atoms with Crippen LogP contribution in [0.3, 0.4) is 0 Å². The standard InChI is InChI=1S/C12H14N4O3S2/c13-11-14-3-6-9(15-11)16(12(18)21-6)7-4-20-10(19-7)8(17)5-1-2-5/h3,5,7-8,10,17H,1-2,4H2,(H2,13,14,15)/t7-,8?,10+/m1/s1. The second-order valence-electron chi connectivity index (χ2n) is 5.27. The van der Waals surface area contributed by atoms with Gasteiger partial charge < -0.3 is 15.6 Å². The van der Waals surface area contributed by atoms with Gasteiger partial charge in [-0.2, -0.15) is 4.98 Å². The molecule has 0 bridgehead atoms. The summed E-state index contributed by atoms with van der Waals surface area (Å²) in [6.45, 7) is 0. The molecule has 1 aliphatic heterocycles. The second kappa shape index (κ2) is 4.94. The Morgan fingerprint density at radius 3 is 3.10 bits per heavy atom. The molecule has 1 saturated heterocycles. The van der Waals surface area contributed by atoms with E-state index in [0.717, 1.165) is 24.2 Å². The fraction of sp³-hybridized carbons (Fsp3) is 0.583. The van der Waals surface area contributed by atoms with Crippen LogP contribution in [0.5, 0.6) is 0 Å². The van der Waals surface area contributed by atoms with Crippen molar-refractivity contribution in [2.75, 3.05) is 11.5 Å². The zero-order valence-electron chi connectivity index (χ0n) is 11.0. The Balaban J connectivity index is 1.66. The molecular formula is C12H14N4O3S2. The number of hydrogen-bond donors (Lipinski definition) is 2. The van der Waals surface area contributed by atoms with Crippen molar-refractivity contribution in [2.24, 2.45) is 5.92 Å². The molecule has 2 fully saturated rings. The van der Waals surface area contributed by atoms with E-state index in [-0.39, 0.29) is 16.3 Å². The fourth-order valence-corrected chi connectivity index (χ4v) is 4.53. The summed E-state index contributed by atoms with van der Waals surface area (Å²) in [5.74, 6) is 1.09. The number of anilines is 1. The molecular weight excluding hydrogens is 312 g/mol. The Morgan fingerprint density at radius 1 is 1.52 bits per heavy atom. The molecule has 7 nitrogen and oxygen atoms in total. The van der Waals surface area contributed by atoms with Crippen molar-refractivity contribution in [2.45, 2.75) is 30.6 Å². The Kier molecular flexibility index (Phi) is 3.18. The number of fused-ring (bicyclic) bond motifs is 1. The van der Waals surface area contributed by atoms with Crippen LogP contribution in [0.15, 0.2) is 11.0 Å². The Labute approximate surface area is 128 Å². The van der Waals surface area contributed by atoms with E-state index in [4.69, 9.17) is 10.5 Å². The summed E-state index contributed by atoms with van der Waals surface area (Å²) >= 11 is 2.62. The van der Waals surface area contributed by atoms with Crippen molar-refractivity contribution in [3.8, 4) is 0 Å². The highest BCUT2D eigenvalue weighted by Gasteiger charge is 2.41. The third kappa shape index (κ3) is 2.33. The van der Waals surface area contributed by atoms with E-state index in [1.807, 2.05) is 0 Å². The molecule has 3 atom stereocenters. The zero-order chi connectivity index (χ0) is 14.6. The van der Waals surface area contributed by atoms with Gasteiger partial charge in [-0.05, 0) is 18.8 Å². The zero-order valence-corrected chi connectivity index (χ0v) is 12.6. The molecule has 9 heteroatoms. The van der Waals surface area contributed by atoms with Crippen LogP contribution < -0.4 is 10.6 Å². The van der Waals surface area contributed by atoms with E-state index in [2.05, 4.69) is 9.97 Å². The summed E-state index contributed by atoms with van der Waals surface area (Å²) in [6, 6.07) is 0. The van der Waals surface area contributed by atoms with E-state index >= 15 is 0 Å². The smallest absolute Gasteiger partial charge is 0.311 e. The molecule has 4 rings (SSSR count). The van der Waals surface area contributed by atoms with Crippen molar-refractivity contribution in [1.82, 2.24) is 14.5 Å². The number of aromatic nitrogens is 3. The molecule has 1 unspecified atom stereocenters. The highest BCUT2D eigenvalue weighted by Crippen LogP contribution is 2.42. The van der Waals surface area contributed by atoms with Gasteiger partial charge in [0.25, 0.3) is 0 Å². The van der Waals surface area contributed by atoms with Crippen LogP contribution in [0, 0.1) is 5.92 Å². The predicted molar refractivity (Wildman–Crippen MR) is 81.2 cm³/mol. The average molecular weight is 326 g/mol. The highest BCUT2D eigenvalue weighted by atomic mass is 32.2. The SMILES string of the molecule is Nc1ncc2sc(=O)n([C@H]3CS[C@@H](C(O)C4CC4)O3)c2n1. The molecule has 21 heavy (non-hydrogen) atoms. The van der Waals surface area contributed by atoms with Crippen LogP contribution in [0.1, 0.15) is 19.1 Å². The highest BCUT2D eigenvalue weighted by molar-refractivity contribution is 8.00. The summed E-state index contributed by atoms with van der Waals surface area (Å²) < 4.78 is 8.09. The first-order valence-electron chi connectivity index (χ1n) is 6.72. The van der Waals surface area contributed by atoms with E-state index in [0.29, 0.717) is 22.0 Å². The molecule has 112 valence electrons. The minimum atomic E-state index is -0.458. The summed E-state index contributed by atoms with van der Waals surface area (Å²) in [7, 11) is 0. The molecule has 0 aromatic carbocycles. The van der Waals surface area contributed by atoms with Crippen molar-refractivity contribution in [3.63, 3.8) is 0 Å². The van der Waals surface area contributed by atoms with Gasteiger partial charge in [-0.25, -0.2) is 4.98 Å². The lowest BCUT2D eigenvalue weighted by Gasteiger charge is -2.18. The van der Waals surface area contributed by atoms with Gasteiger partial charge in [-0.1, -0.05) is 11.3 Å². The molecule has 0 spiro atoms. The number of hydrogen-bond acceptors (Lipinski definition) is 8. The quantitative estimate of drug-likeness (QED) is 0.859. The van der Waals surface area contributed by atoms with Gasteiger partial charge in [0.15, 0.2) is 5.65 Å². The first kappa shape index (κ1) is 13.5. The number of rotatable bonds is 3. The number of nitrogen functional groups attached to an aromatic ring is 1. The van der Waals surface area contributed by atoms with Crippen LogP contribution in [0.2, 0.25) is 0 Å². The van der Waals surface area contributed by atoms with E-state index in [1.165, 1.54) is 4.57 Å². The van der Waals surface area contributed by atoms with Crippen molar-refractivity contribution in [1.29, 1.82) is 0 Å². The number of nitrogens with two attached hydrogens (primary N) is 1. The topological polar surface area (TPSA) is 103 Å². The Morgan fingerprint density at radius 2 is 2.33 bits per heavy atom. The molecule has 0 amide bonds. The monoisotopic (exact) mass is 326 g/mol. The molecule has 0 radical (unpaired) electrons. The van der Waals surface area contributed by atoms with Gasteiger partial charge >= 0.3 is 4.87 Å². The van der Waals surface area contributed by atoms with Gasteiger partial charge in [0.05, 0.1) is 17.0 Å². The summed E-state index contributed by atoms with van der Waals surface area (Å²) in [6.07, 6.45) is 2.79. The van der Waals surface area contributed by atoms with Gasteiger partial charge in [-0.3, -0.25) is 9.36 Å². The van der Waals surface area contributed by atoms with Crippen molar-refractivity contribution in [3.05, 3.63) is 15.9 Å². The lowest BCUT2D eigenvalue weighted by atomic mass is 10.2. The number of thioether (sulfide) groups is 1. The van der Waals surface area contributed by atoms with E-state index < -0.39 is 12.3 Å².